The molecule has 1 aliphatic heterocycles. The predicted molar refractivity (Wildman–Crippen MR) is 116 cm³/mol. The molecule has 2 unspecified atom stereocenters. The number of benzene rings is 2. The highest BCUT2D eigenvalue weighted by Gasteiger charge is 2.52. The second-order valence-electron chi connectivity index (χ2n) is 8.18. The van der Waals surface area contributed by atoms with E-state index in [1.165, 1.54) is 12.8 Å². The molecule has 1 saturated heterocycles. The highest BCUT2D eigenvalue weighted by Crippen LogP contribution is 2.46. The van der Waals surface area contributed by atoms with Crippen LogP contribution in [0.25, 0.3) is 0 Å². The van der Waals surface area contributed by atoms with Gasteiger partial charge < -0.3 is 10.6 Å². The molecule has 4 rings (SSSR count). The van der Waals surface area contributed by atoms with Crippen molar-refractivity contribution in [1.82, 2.24) is 5.32 Å². The fourth-order valence-electron chi connectivity index (χ4n) is 5.09. The molecular formula is C23H25Cl2FN2O. The van der Waals surface area contributed by atoms with Crippen LogP contribution >= 0.6 is 23.2 Å². The van der Waals surface area contributed by atoms with Crippen molar-refractivity contribution in [3.63, 3.8) is 0 Å². The van der Waals surface area contributed by atoms with Crippen LogP contribution < -0.4 is 10.6 Å². The summed E-state index contributed by atoms with van der Waals surface area (Å²) in [6, 6.07) is 12.2. The smallest absolute Gasteiger partial charge is 0.230 e. The Morgan fingerprint density at radius 1 is 1.07 bits per heavy atom. The van der Waals surface area contributed by atoms with Crippen molar-refractivity contribution < 1.29 is 9.18 Å². The van der Waals surface area contributed by atoms with Gasteiger partial charge in [-0.15, -0.1) is 0 Å². The Morgan fingerprint density at radius 2 is 1.79 bits per heavy atom. The Hall–Kier alpha value is -1.62. The van der Waals surface area contributed by atoms with Crippen LogP contribution in [0.3, 0.4) is 0 Å². The fraction of sp³-hybridized carbons (Fsp3) is 0.435. The first-order valence-corrected chi connectivity index (χ1v) is 11.0. The first-order chi connectivity index (χ1) is 14.0. The zero-order chi connectivity index (χ0) is 20.4. The molecule has 2 aromatic carbocycles. The van der Waals surface area contributed by atoms with E-state index in [0.717, 1.165) is 25.7 Å². The number of hydrogen-bond acceptors (Lipinski definition) is 2. The maximum Gasteiger partial charge on any atom is 0.230 e. The first-order valence-electron chi connectivity index (χ1n) is 10.3. The molecule has 1 amide bonds. The summed E-state index contributed by atoms with van der Waals surface area (Å²) >= 11 is 12.1. The van der Waals surface area contributed by atoms with Crippen LogP contribution in [0.5, 0.6) is 0 Å². The molecule has 2 N–H and O–H groups in total. The van der Waals surface area contributed by atoms with Crippen molar-refractivity contribution in [3.05, 3.63) is 63.9 Å². The number of nitrogens with one attached hydrogen (secondary N) is 2. The van der Waals surface area contributed by atoms with Crippen molar-refractivity contribution in [2.45, 2.75) is 50.0 Å². The van der Waals surface area contributed by atoms with Gasteiger partial charge in [-0.1, -0.05) is 67.1 Å². The van der Waals surface area contributed by atoms with Crippen LogP contribution in [0, 0.1) is 11.7 Å². The van der Waals surface area contributed by atoms with Gasteiger partial charge in [0.25, 0.3) is 0 Å². The van der Waals surface area contributed by atoms with E-state index in [9.17, 15) is 9.18 Å². The number of hydrogen-bond donors (Lipinski definition) is 2. The van der Waals surface area contributed by atoms with Gasteiger partial charge in [0, 0.05) is 28.7 Å². The van der Waals surface area contributed by atoms with E-state index in [2.05, 4.69) is 10.6 Å². The molecule has 2 aliphatic rings. The summed E-state index contributed by atoms with van der Waals surface area (Å²) in [6.07, 6.45) is 6.31. The highest BCUT2D eigenvalue weighted by molar-refractivity contribution is 6.31. The standard InChI is InChI=1S/C23H25Cl2FN2O/c24-15-7-5-8-16(13-15)28-22(29)20-18(17-9-6-10-19(25)21(17)26)14-27-23(20)11-3-1-2-4-12-23/h5-10,13,18,20,27H,1-4,11-12,14H2,(H,28,29). The van der Waals surface area contributed by atoms with Crippen molar-refractivity contribution in [1.29, 1.82) is 0 Å². The Morgan fingerprint density at radius 3 is 2.52 bits per heavy atom. The maximum atomic E-state index is 14.9. The second-order valence-corrected chi connectivity index (χ2v) is 9.02. The van der Waals surface area contributed by atoms with Gasteiger partial charge in [-0.3, -0.25) is 4.79 Å². The molecule has 0 bridgehead atoms. The Labute approximate surface area is 181 Å². The third-order valence-corrected chi connectivity index (χ3v) is 6.95. The van der Waals surface area contributed by atoms with Crippen molar-refractivity contribution in [2.75, 3.05) is 11.9 Å². The molecule has 6 heteroatoms. The molecule has 1 heterocycles. The third kappa shape index (κ3) is 4.16. The van der Waals surface area contributed by atoms with Crippen molar-refractivity contribution in [2.24, 2.45) is 5.92 Å². The van der Waals surface area contributed by atoms with Crippen LogP contribution in [0.2, 0.25) is 10.0 Å². The van der Waals surface area contributed by atoms with Gasteiger partial charge in [0.2, 0.25) is 5.91 Å². The van der Waals surface area contributed by atoms with E-state index in [0.29, 0.717) is 22.8 Å². The van der Waals surface area contributed by atoms with E-state index in [-0.39, 0.29) is 28.3 Å². The number of anilines is 1. The summed E-state index contributed by atoms with van der Waals surface area (Å²) in [5.41, 5.74) is 0.847. The van der Waals surface area contributed by atoms with E-state index >= 15 is 0 Å². The lowest BCUT2D eigenvalue weighted by atomic mass is 9.72. The molecule has 2 atom stereocenters. The normalized spacial score (nSPS) is 23.7. The molecular weight excluding hydrogens is 410 g/mol. The molecule has 154 valence electrons. The third-order valence-electron chi connectivity index (χ3n) is 6.42. The number of halogens is 3. The molecule has 1 aliphatic carbocycles. The molecule has 29 heavy (non-hydrogen) atoms. The zero-order valence-corrected chi connectivity index (χ0v) is 17.7. The molecule has 1 saturated carbocycles. The number of rotatable bonds is 3. The lowest BCUT2D eigenvalue weighted by molar-refractivity contribution is -0.122. The molecule has 3 nitrogen and oxygen atoms in total. The summed E-state index contributed by atoms with van der Waals surface area (Å²) in [6.45, 7) is 0.560. The molecule has 0 aromatic heterocycles. The Balaban J connectivity index is 1.71. The molecule has 2 fully saturated rings. The summed E-state index contributed by atoms with van der Waals surface area (Å²) in [5, 5.41) is 7.33. The topological polar surface area (TPSA) is 41.1 Å². The quantitative estimate of drug-likeness (QED) is 0.606. The largest absolute Gasteiger partial charge is 0.326 e. The summed E-state index contributed by atoms with van der Waals surface area (Å²) in [7, 11) is 0. The van der Waals surface area contributed by atoms with Gasteiger partial charge in [0.15, 0.2) is 0 Å². The van der Waals surface area contributed by atoms with E-state index in [1.54, 1.807) is 36.4 Å². The fourth-order valence-corrected chi connectivity index (χ4v) is 5.46. The number of amides is 1. The predicted octanol–water partition coefficient (Wildman–Crippen LogP) is 6.17. The van der Waals surface area contributed by atoms with E-state index < -0.39 is 5.82 Å². The Kier molecular flexibility index (Phi) is 6.14. The SMILES string of the molecule is O=C(Nc1cccc(Cl)c1)C1C(c2cccc(Cl)c2F)CNC12CCCCCC2. The van der Waals surface area contributed by atoms with Crippen LogP contribution in [0.15, 0.2) is 42.5 Å². The highest BCUT2D eigenvalue weighted by atomic mass is 35.5. The molecule has 2 aromatic rings. The first kappa shape index (κ1) is 20.6. The average Bonchev–Trinajstić information content (AvgIpc) is 2.88. The minimum Gasteiger partial charge on any atom is -0.326 e. The number of carbonyl (C=O) groups excluding carboxylic acids is 1. The minimum absolute atomic E-state index is 0.0939. The van der Waals surface area contributed by atoms with Gasteiger partial charge in [0.1, 0.15) is 5.82 Å². The summed E-state index contributed by atoms with van der Waals surface area (Å²) in [4.78, 5) is 13.5. The van der Waals surface area contributed by atoms with Crippen molar-refractivity contribution >= 4 is 34.8 Å². The average molecular weight is 435 g/mol. The summed E-state index contributed by atoms with van der Waals surface area (Å²) in [5.74, 6) is -1.17. The van der Waals surface area contributed by atoms with Crippen LogP contribution in [-0.4, -0.2) is 18.0 Å². The van der Waals surface area contributed by atoms with Gasteiger partial charge in [-0.05, 0) is 42.7 Å². The van der Waals surface area contributed by atoms with E-state index in [4.69, 9.17) is 23.2 Å². The minimum atomic E-state index is -0.424. The van der Waals surface area contributed by atoms with Gasteiger partial charge in [0.05, 0.1) is 10.9 Å². The Bertz CT molecular complexity index is 896. The van der Waals surface area contributed by atoms with Gasteiger partial charge in [-0.2, -0.15) is 0 Å². The van der Waals surface area contributed by atoms with Crippen LogP contribution in [0.1, 0.15) is 50.0 Å². The molecule has 0 radical (unpaired) electrons. The lowest BCUT2D eigenvalue weighted by Gasteiger charge is -2.36. The van der Waals surface area contributed by atoms with E-state index in [1.807, 2.05) is 6.07 Å². The lowest BCUT2D eigenvalue weighted by Crippen LogP contribution is -2.49. The number of carbonyl (C=O) groups is 1. The van der Waals surface area contributed by atoms with Gasteiger partial charge in [-0.25, -0.2) is 4.39 Å². The maximum absolute atomic E-state index is 14.9. The molecule has 1 spiro atoms. The summed E-state index contributed by atoms with van der Waals surface area (Å²) < 4.78 is 14.9. The van der Waals surface area contributed by atoms with Crippen LogP contribution in [0.4, 0.5) is 10.1 Å². The monoisotopic (exact) mass is 434 g/mol. The second kappa shape index (κ2) is 8.63. The van der Waals surface area contributed by atoms with Crippen molar-refractivity contribution in [3.8, 4) is 0 Å². The van der Waals surface area contributed by atoms with Gasteiger partial charge >= 0.3 is 0 Å². The zero-order valence-electron chi connectivity index (χ0n) is 16.2. The van der Waals surface area contributed by atoms with Crippen LogP contribution in [-0.2, 0) is 4.79 Å².